The Morgan fingerprint density at radius 1 is 1.19 bits per heavy atom. The smallest absolute Gasteiger partial charge is 0.286 e. The monoisotopic (exact) mass is 417 g/mol. The second-order valence-electron chi connectivity index (χ2n) is 5.77. The Bertz CT molecular complexity index is 813. The van der Waals surface area contributed by atoms with Gasteiger partial charge in [-0.3, -0.25) is 4.79 Å². The molecule has 26 heavy (non-hydrogen) atoms. The average Bonchev–Trinajstić information content (AvgIpc) is 3.33. The molecular formula is C19H20BrN3O3. The lowest BCUT2D eigenvalue weighted by molar-refractivity contribution is 0.0921. The van der Waals surface area contributed by atoms with Crippen LogP contribution in [-0.4, -0.2) is 22.0 Å². The van der Waals surface area contributed by atoms with Crippen molar-refractivity contribution in [1.82, 2.24) is 14.9 Å². The van der Waals surface area contributed by atoms with E-state index in [0.717, 1.165) is 29.6 Å². The van der Waals surface area contributed by atoms with Gasteiger partial charge in [-0.2, -0.15) is 0 Å². The maximum absolute atomic E-state index is 12.1. The maximum atomic E-state index is 12.1. The molecule has 0 fully saturated rings. The van der Waals surface area contributed by atoms with Gasteiger partial charge in [-0.1, -0.05) is 15.9 Å². The van der Waals surface area contributed by atoms with E-state index in [1.807, 2.05) is 35.0 Å². The first-order chi connectivity index (χ1) is 12.7. The molecule has 7 heteroatoms. The fourth-order valence-electron chi connectivity index (χ4n) is 2.39. The molecular weight excluding hydrogens is 398 g/mol. The van der Waals surface area contributed by atoms with E-state index in [0.29, 0.717) is 18.1 Å². The standard InChI is InChI=1S/C19H20BrN3O3/c20-15-3-5-16(6-4-15)25-13-17-7-8-18(26-17)19(24)22-9-1-2-11-23-12-10-21-14-23/h3-8,10,12,14H,1-2,9,11,13H2,(H,22,24). The Kier molecular flexibility index (Phi) is 6.49. The number of aryl methyl sites for hydroxylation is 1. The van der Waals surface area contributed by atoms with E-state index in [-0.39, 0.29) is 12.5 Å². The summed E-state index contributed by atoms with van der Waals surface area (Å²) in [7, 11) is 0. The summed E-state index contributed by atoms with van der Waals surface area (Å²) in [6.07, 6.45) is 7.35. The highest BCUT2D eigenvalue weighted by Crippen LogP contribution is 2.18. The van der Waals surface area contributed by atoms with E-state index in [9.17, 15) is 4.79 Å². The number of nitrogens with zero attached hydrogens (tertiary/aromatic N) is 2. The molecule has 0 unspecified atom stereocenters. The number of benzene rings is 1. The van der Waals surface area contributed by atoms with Crippen molar-refractivity contribution in [2.24, 2.45) is 0 Å². The highest BCUT2D eigenvalue weighted by atomic mass is 79.9. The number of nitrogens with one attached hydrogen (secondary N) is 1. The maximum Gasteiger partial charge on any atom is 0.286 e. The molecule has 0 saturated carbocycles. The van der Waals surface area contributed by atoms with Gasteiger partial charge in [0.05, 0.1) is 6.33 Å². The summed E-state index contributed by atoms with van der Waals surface area (Å²) < 4.78 is 14.2. The minimum atomic E-state index is -0.206. The van der Waals surface area contributed by atoms with Crippen LogP contribution >= 0.6 is 15.9 Å². The molecule has 0 atom stereocenters. The molecule has 0 aliphatic carbocycles. The summed E-state index contributed by atoms with van der Waals surface area (Å²) in [6, 6.07) is 11.0. The van der Waals surface area contributed by atoms with E-state index >= 15 is 0 Å². The first-order valence-corrected chi connectivity index (χ1v) is 9.21. The van der Waals surface area contributed by atoms with Crippen LogP contribution in [-0.2, 0) is 13.2 Å². The zero-order valence-corrected chi connectivity index (χ0v) is 15.8. The van der Waals surface area contributed by atoms with Gasteiger partial charge in [0.1, 0.15) is 18.1 Å². The lowest BCUT2D eigenvalue weighted by Crippen LogP contribution is -2.24. The molecule has 136 valence electrons. The number of furan rings is 1. The molecule has 2 aromatic heterocycles. The van der Waals surface area contributed by atoms with Crippen molar-refractivity contribution < 1.29 is 13.9 Å². The van der Waals surface area contributed by atoms with Crippen molar-refractivity contribution >= 4 is 21.8 Å². The number of unbranched alkanes of at least 4 members (excludes halogenated alkanes) is 1. The van der Waals surface area contributed by atoms with Gasteiger partial charge in [-0.05, 0) is 49.2 Å². The van der Waals surface area contributed by atoms with Gasteiger partial charge in [0.15, 0.2) is 5.76 Å². The summed E-state index contributed by atoms with van der Waals surface area (Å²) in [6.45, 7) is 1.78. The molecule has 0 saturated heterocycles. The highest BCUT2D eigenvalue weighted by Gasteiger charge is 2.11. The lowest BCUT2D eigenvalue weighted by atomic mass is 10.3. The van der Waals surface area contributed by atoms with Gasteiger partial charge in [-0.15, -0.1) is 0 Å². The molecule has 6 nitrogen and oxygen atoms in total. The van der Waals surface area contributed by atoms with Crippen LogP contribution in [0.3, 0.4) is 0 Å². The molecule has 3 aromatic rings. The number of carbonyl (C=O) groups is 1. The fraction of sp³-hybridized carbons (Fsp3) is 0.263. The topological polar surface area (TPSA) is 69.3 Å². The van der Waals surface area contributed by atoms with Crippen molar-refractivity contribution in [2.45, 2.75) is 26.0 Å². The average molecular weight is 418 g/mol. The number of amides is 1. The van der Waals surface area contributed by atoms with Crippen molar-refractivity contribution in [2.75, 3.05) is 6.54 Å². The number of hydrogen-bond donors (Lipinski definition) is 1. The van der Waals surface area contributed by atoms with Crippen LogP contribution < -0.4 is 10.1 Å². The summed E-state index contributed by atoms with van der Waals surface area (Å²) >= 11 is 3.38. The Balaban J connectivity index is 1.37. The van der Waals surface area contributed by atoms with Crippen LogP contribution in [0, 0.1) is 0 Å². The molecule has 0 radical (unpaired) electrons. The summed E-state index contributed by atoms with van der Waals surface area (Å²) in [4.78, 5) is 16.1. The first-order valence-electron chi connectivity index (χ1n) is 8.42. The number of hydrogen-bond acceptors (Lipinski definition) is 4. The third-order valence-electron chi connectivity index (χ3n) is 3.77. The van der Waals surface area contributed by atoms with Gasteiger partial charge in [0.25, 0.3) is 5.91 Å². The van der Waals surface area contributed by atoms with Crippen LogP contribution in [0.25, 0.3) is 0 Å². The Hall–Kier alpha value is -2.54. The largest absolute Gasteiger partial charge is 0.486 e. The third kappa shape index (κ3) is 5.49. The fourth-order valence-corrected chi connectivity index (χ4v) is 2.65. The normalized spacial score (nSPS) is 10.7. The molecule has 1 aromatic carbocycles. The second kappa shape index (κ2) is 9.24. The number of ether oxygens (including phenoxy) is 1. The third-order valence-corrected chi connectivity index (χ3v) is 4.30. The number of rotatable bonds is 9. The van der Waals surface area contributed by atoms with Crippen LogP contribution in [0.15, 0.2) is 64.0 Å². The minimum Gasteiger partial charge on any atom is -0.486 e. The SMILES string of the molecule is O=C(NCCCCn1ccnc1)c1ccc(COc2ccc(Br)cc2)o1. The molecule has 1 amide bonds. The summed E-state index contributed by atoms with van der Waals surface area (Å²) in [5.41, 5.74) is 0. The predicted molar refractivity (Wildman–Crippen MR) is 101 cm³/mol. The highest BCUT2D eigenvalue weighted by molar-refractivity contribution is 9.10. The van der Waals surface area contributed by atoms with E-state index in [4.69, 9.17) is 9.15 Å². The van der Waals surface area contributed by atoms with E-state index in [2.05, 4.69) is 26.2 Å². The van der Waals surface area contributed by atoms with Crippen LogP contribution in [0.2, 0.25) is 0 Å². The Morgan fingerprint density at radius 3 is 2.81 bits per heavy atom. The summed E-state index contributed by atoms with van der Waals surface area (Å²) in [5, 5.41) is 2.87. The second-order valence-corrected chi connectivity index (χ2v) is 6.69. The predicted octanol–water partition coefficient (Wildman–Crippen LogP) is 4.03. The van der Waals surface area contributed by atoms with Gasteiger partial charge in [0, 0.05) is 30.0 Å². The molecule has 0 aliphatic heterocycles. The number of imidazole rings is 1. The van der Waals surface area contributed by atoms with Gasteiger partial charge < -0.3 is 19.0 Å². The minimum absolute atomic E-state index is 0.206. The number of aromatic nitrogens is 2. The molecule has 0 spiro atoms. The summed E-state index contributed by atoms with van der Waals surface area (Å²) in [5.74, 6) is 1.45. The Morgan fingerprint density at radius 2 is 2.04 bits per heavy atom. The van der Waals surface area contributed by atoms with E-state index in [1.54, 1.807) is 24.7 Å². The van der Waals surface area contributed by atoms with Crippen LogP contribution in [0.5, 0.6) is 5.75 Å². The molecule has 1 N–H and O–H groups in total. The first kappa shape index (κ1) is 18.3. The molecule has 3 rings (SSSR count). The zero-order valence-electron chi connectivity index (χ0n) is 14.2. The number of halogens is 1. The molecule has 0 aliphatic rings. The lowest BCUT2D eigenvalue weighted by Gasteiger charge is -2.05. The van der Waals surface area contributed by atoms with Crippen molar-refractivity contribution in [3.05, 3.63) is 71.1 Å². The van der Waals surface area contributed by atoms with Gasteiger partial charge in [-0.25, -0.2) is 4.98 Å². The van der Waals surface area contributed by atoms with Crippen LogP contribution in [0.4, 0.5) is 0 Å². The molecule has 2 heterocycles. The number of carbonyl (C=O) groups excluding carboxylic acids is 1. The van der Waals surface area contributed by atoms with E-state index < -0.39 is 0 Å². The Labute approximate surface area is 160 Å². The zero-order chi connectivity index (χ0) is 18.2. The van der Waals surface area contributed by atoms with Crippen molar-refractivity contribution in [1.29, 1.82) is 0 Å². The quantitative estimate of drug-likeness (QED) is 0.533. The van der Waals surface area contributed by atoms with Gasteiger partial charge >= 0.3 is 0 Å². The molecule has 0 bridgehead atoms. The van der Waals surface area contributed by atoms with E-state index in [1.165, 1.54) is 0 Å². The van der Waals surface area contributed by atoms with Gasteiger partial charge in [0.2, 0.25) is 0 Å². The van der Waals surface area contributed by atoms with Crippen molar-refractivity contribution in [3.63, 3.8) is 0 Å². The van der Waals surface area contributed by atoms with Crippen molar-refractivity contribution in [3.8, 4) is 5.75 Å². The van der Waals surface area contributed by atoms with Crippen LogP contribution in [0.1, 0.15) is 29.2 Å².